The fraction of sp³-hybridized carbons (Fsp3) is 0.733. The maximum Gasteiger partial charge on any atom is 0.358 e. The molecule has 0 saturated heterocycles. The summed E-state index contributed by atoms with van der Waals surface area (Å²) in [5.74, 6) is -1.21. The monoisotopic (exact) mass is 308 g/mol. The van der Waals surface area contributed by atoms with E-state index in [2.05, 4.69) is 15.6 Å². The lowest BCUT2D eigenvalue weighted by Crippen LogP contribution is -2.38. The lowest BCUT2D eigenvalue weighted by atomic mass is 9.95. The lowest BCUT2D eigenvalue weighted by Gasteiger charge is -2.22. The van der Waals surface area contributed by atoms with Gasteiger partial charge < -0.3 is 10.4 Å². The Labute approximate surface area is 130 Å². The molecule has 0 aromatic carbocycles. The van der Waals surface area contributed by atoms with Crippen molar-refractivity contribution < 1.29 is 14.7 Å². The molecule has 1 aromatic heterocycles. The largest absolute Gasteiger partial charge is 0.476 e. The van der Waals surface area contributed by atoms with Gasteiger partial charge >= 0.3 is 5.97 Å². The maximum absolute atomic E-state index is 12.1. The first kappa shape index (κ1) is 16.5. The van der Waals surface area contributed by atoms with E-state index in [0.29, 0.717) is 12.1 Å². The molecule has 0 radical (unpaired) electrons. The van der Waals surface area contributed by atoms with Gasteiger partial charge in [-0.3, -0.25) is 4.79 Å². The number of hydrogen-bond donors (Lipinski definition) is 2. The van der Waals surface area contributed by atoms with Crippen molar-refractivity contribution in [1.29, 1.82) is 0 Å². The number of carboxylic acid groups (broad SMARTS) is 1. The van der Waals surface area contributed by atoms with Crippen LogP contribution in [0.2, 0.25) is 0 Å². The van der Waals surface area contributed by atoms with Gasteiger partial charge in [0.1, 0.15) is 6.54 Å². The molecule has 22 heavy (non-hydrogen) atoms. The lowest BCUT2D eigenvalue weighted by molar-refractivity contribution is -0.122. The Kier molecular flexibility index (Phi) is 5.91. The highest BCUT2D eigenvalue weighted by Gasteiger charge is 2.21. The average molecular weight is 308 g/mol. The molecular formula is C15H24N4O3. The zero-order valence-corrected chi connectivity index (χ0v) is 13.0. The van der Waals surface area contributed by atoms with E-state index in [4.69, 9.17) is 5.11 Å². The van der Waals surface area contributed by atoms with Crippen LogP contribution >= 0.6 is 0 Å². The van der Waals surface area contributed by atoms with Crippen molar-refractivity contribution in [3.8, 4) is 0 Å². The van der Waals surface area contributed by atoms with E-state index < -0.39 is 5.97 Å². The molecule has 1 aliphatic rings. The molecule has 1 aliphatic carbocycles. The van der Waals surface area contributed by atoms with Crippen molar-refractivity contribution in [3.05, 3.63) is 11.4 Å². The fourth-order valence-corrected chi connectivity index (χ4v) is 2.87. The number of carbonyl (C=O) groups excluding carboxylic acids is 1. The number of unbranched alkanes of at least 4 members (excludes halogenated alkanes) is 1. The molecule has 0 unspecified atom stereocenters. The Hall–Kier alpha value is -1.92. The highest BCUT2D eigenvalue weighted by Crippen LogP contribution is 2.17. The number of carbonyl (C=O) groups is 2. The summed E-state index contributed by atoms with van der Waals surface area (Å²) in [6, 6.07) is 0.239. The maximum atomic E-state index is 12.1. The Balaban J connectivity index is 2.01. The van der Waals surface area contributed by atoms with Gasteiger partial charge in [-0.15, -0.1) is 5.10 Å². The van der Waals surface area contributed by atoms with Crippen LogP contribution in [-0.4, -0.2) is 38.0 Å². The van der Waals surface area contributed by atoms with Gasteiger partial charge in [-0.05, 0) is 25.7 Å². The van der Waals surface area contributed by atoms with Gasteiger partial charge in [-0.25, -0.2) is 9.48 Å². The third-order valence-electron chi connectivity index (χ3n) is 4.07. The summed E-state index contributed by atoms with van der Waals surface area (Å²) >= 11 is 0. The molecule has 1 fully saturated rings. The minimum atomic E-state index is -1.09. The van der Waals surface area contributed by atoms with E-state index in [0.717, 1.165) is 38.5 Å². The third kappa shape index (κ3) is 4.29. The second kappa shape index (κ2) is 7.91. The quantitative estimate of drug-likeness (QED) is 0.800. The molecule has 0 aliphatic heterocycles. The zero-order chi connectivity index (χ0) is 15.9. The van der Waals surface area contributed by atoms with E-state index in [-0.39, 0.29) is 24.2 Å². The summed E-state index contributed by atoms with van der Waals surface area (Å²) in [6.07, 6.45) is 7.94. The SMILES string of the molecule is CCCCc1c(C(=O)O)nnn1CC(=O)NC1CCCCC1. The van der Waals surface area contributed by atoms with Crippen LogP contribution in [0.1, 0.15) is 68.1 Å². The van der Waals surface area contributed by atoms with Crippen molar-refractivity contribution in [2.24, 2.45) is 0 Å². The van der Waals surface area contributed by atoms with Crippen LogP contribution in [0, 0.1) is 0 Å². The molecule has 1 aromatic rings. The molecule has 1 saturated carbocycles. The van der Waals surface area contributed by atoms with Crippen LogP contribution in [0.15, 0.2) is 0 Å². The number of rotatable bonds is 7. The number of amides is 1. The normalized spacial score (nSPS) is 15.7. The summed E-state index contributed by atoms with van der Waals surface area (Å²) in [7, 11) is 0. The second-order valence-electron chi connectivity index (χ2n) is 5.85. The van der Waals surface area contributed by atoms with E-state index in [1.54, 1.807) is 0 Å². The summed E-state index contributed by atoms with van der Waals surface area (Å²) in [5, 5.41) is 19.7. The van der Waals surface area contributed by atoms with Gasteiger partial charge in [-0.1, -0.05) is 37.8 Å². The van der Waals surface area contributed by atoms with Gasteiger partial charge in [-0.2, -0.15) is 0 Å². The molecule has 1 amide bonds. The molecule has 1 heterocycles. The van der Waals surface area contributed by atoms with Crippen LogP contribution in [0.25, 0.3) is 0 Å². The Morgan fingerprint density at radius 1 is 1.32 bits per heavy atom. The summed E-state index contributed by atoms with van der Waals surface area (Å²) in [6.45, 7) is 2.07. The average Bonchev–Trinajstić information content (AvgIpc) is 2.89. The first-order chi connectivity index (χ1) is 10.6. The predicted molar refractivity (Wildman–Crippen MR) is 80.6 cm³/mol. The molecule has 0 bridgehead atoms. The first-order valence-electron chi connectivity index (χ1n) is 8.06. The van der Waals surface area contributed by atoms with E-state index >= 15 is 0 Å². The molecule has 7 nitrogen and oxygen atoms in total. The van der Waals surface area contributed by atoms with Crippen molar-refractivity contribution in [2.45, 2.75) is 70.9 Å². The zero-order valence-electron chi connectivity index (χ0n) is 13.0. The molecule has 7 heteroatoms. The van der Waals surface area contributed by atoms with Crippen LogP contribution < -0.4 is 5.32 Å². The van der Waals surface area contributed by atoms with Gasteiger partial charge in [0.05, 0.1) is 5.69 Å². The number of carboxylic acids is 1. The summed E-state index contributed by atoms with van der Waals surface area (Å²) in [5.41, 5.74) is 0.493. The Morgan fingerprint density at radius 2 is 2.05 bits per heavy atom. The standard InChI is InChI=1S/C15H24N4O3/c1-2-3-9-12-14(15(21)22)17-18-19(12)10-13(20)16-11-7-5-4-6-8-11/h11H,2-10H2,1H3,(H,16,20)(H,21,22). The predicted octanol–water partition coefficient (Wildman–Crippen LogP) is 1.77. The number of nitrogens with zero attached hydrogens (tertiary/aromatic N) is 3. The molecular weight excluding hydrogens is 284 g/mol. The third-order valence-corrected chi connectivity index (χ3v) is 4.07. The molecule has 2 N–H and O–H groups in total. The topological polar surface area (TPSA) is 97.1 Å². The minimum Gasteiger partial charge on any atom is -0.476 e. The van der Waals surface area contributed by atoms with Gasteiger partial charge in [0.15, 0.2) is 5.69 Å². The fourth-order valence-electron chi connectivity index (χ4n) is 2.87. The highest BCUT2D eigenvalue weighted by atomic mass is 16.4. The smallest absolute Gasteiger partial charge is 0.358 e. The van der Waals surface area contributed by atoms with Crippen molar-refractivity contribution in [2.75, 3.05) is 0 Å². The Bertz CT molecular complexity index is 521. The molecule has 0 atom stereocenters. The van der Waals surface area contributed by atoms with Crippen LogP contribution in [0.3, 0.4) is 0 Å². The van der Waals surface area contributed by atoms with E-state index in [9.17, 15) is 9.59 Å². The molecule has 2 rings (SSSR count). The van der Waals surface area contributed by atoms with Gasteiger partial charge in [0.25, 0.3) is 0 Å². The van der Waals surface area contributed by atoms with Gasteiger partial charge in [0.2, 0.25) is 5.91 Å². The van der Waals surface area contributed by atoms with Crippen molar-refractivity contribution in [3.63, 3.8) is 0 Å². The van der Waals surface area contributed by atoms with Crippen LogP contribution in [0.4, 0.5) is 0 Å². The van der Waals surface area contributed by atoms with Crippen molar-refractivity contribution >= 4 is 11.9 Å². The second-order valence-corrected chi connectivity index (χ2v) is 5.85. The first-order valence-corrected chi connectivity index (χ1v) is 8.06. The van der Waals surface area contributed by atoms with E-state index in [1.807, 2.05) is 6.92 Å². The number of hydrogen-bond acceptors (Lipinski definition) is 4. The molecule has 0 spiro atoms. The number of aromatic nitrogens is 3. The number of aromatic carboxylic acids is 1. The van der Waals surface area contributed by atoms with Crippen molar-refractivity contribution in [1.82, 2.24) is 20.3 Å². The summed E-state index contributed by atoms with van der Waals surface area (Å²) < 4.78 is 1.43. The molecule has 122 valence electrons. The number of nitrogens with one attached hydrogen (secondary N) is 1. The highest BCUT2D eigenvalue weighted by molar-refractivity contribution is 5.86. The van der Waals surface area contributed by atoms with Gasteiger partial charge in [0, 0.05) is 6.04 Å². The Morgan fingerprint density at radius 3 is 2.68 bits per heavy atom. The minimum absolute atomic E-state index is 0.0375. The van der Waals surface area contributed by atoms with Crippen LogP contribution in [0.5, 0.6) is 0 Å². The van der Waals surface area contributed by atoms with E-state index in [1.165, 1.54) is 11.1 Å². The van der Waals surface area contributed by atoms with Crippen LogP contribution in [-0.2, 0) is 17.8 Å². The summed E-state index contributed by atoms with van der Waals surface area (Å²) in [4.78, 5) is 23.3.